The van der Waals surface area contributed by atoms with Crippen LogP contribution in [0.4, 0.5) is 0 Å². The number of rotatable bonds is 5. The SMILES string of the molecule is Cc1sc2ncn(CCC(=O)NC3CCN(C(=O)C4CCCCC4)CC3)c(=O)c2c1C. The molecule has 2 fully saturated rings. The Bertz CT molecular complexity index is 1010. The zero-order chi connectivity index (χ0) is 22.0. The number of fused-ring (bicyclic) bond motifs is 1. The summed E-state index contributed by atoms with van der Waals surface area (Å²) in [6.07, 6.45) is 9.02. The van der Waals surface area contributed by atoms with Crippen molar-refractivity contribution >= 4 is 33.4 Å². The second-order valence-electron chi connectivity index (χ2n) is 8.96. The van der Waals surface area contributed by atoms with Crippen molar-refractivity contribution in [1.29, 1.82) is 0 Å². The zero-order valence-electron chi connectivity index (χ0n) is 18.5. The Hall–Kier alpha value is -2.22. The number of hydrogen-bond acceptors (Lipinski definition) is 5. The summed E-state index contributed by atoms with van der Waals surface area (Å²) >= 11 is 1.53. The third kappa shape index (κ3) is 4.84. The maximum absolute atomic E-state index is 12.8. The average Bonchev–Trinajstić information content (AvgIpc) is 3.08. The van der Waals surface area contributed by atoms with E-state index in [0.717, 1.165) is 54.0 Å². The molecule has 1 saturated carbocycles. The topological polar surface area (TPSA) is 84.3 Å². The van der Waals surface area contributed by atoms with E-state index in [-0.39, 0.29) is 29.8 Å². The number of carbonyl (C=O) groups is 2. The van der Waals surface area contributed by atoms with E-state index in [1.54, 1.807) is 6.33 Å². The minimum atomic E-state index is -0.0748. The van der Waals surface area contributed by atoms with Gasteiger partial charge in [-0.2, -0.15) is 0 Å². The van der Waals surface area contributed by atoms with Crippen molar-refractivity contribution in [2.75, 3.05) is 13.1 Å². The first-order valence-corrected chi connectivity index (χ1v) is 12.3. The lowest BCUT2D eigenvalue weighted by Crippen LogP contribution is -2.48. The van der Waals surface area contributed by atoms with Crippen molar-refractivity contribution in [2.45, 2.75) is 77.8 Å². The lowest BCUT2D eigenvalue weighted by molar-refractivity contribution is -0.137. The number of likely N-dealkylation sites (tertiary alicyclic amines) is 1. The van der Waals surface area contributed by atoms with Crippen molar-refractivity contribution in [1.82, 2.24) is 19.8 Å². The molecule has 2 aromatic heterocycles. The summed E-state index contributed by atoms with van der Waals surface area (Å²) in [5.74, 6) is 0.466. The molecule has 0 atom stereocenters. The van der Waals surface area contributed by atoms with Crippen LogP contribution in [0.25, 0.3) is 10.2 Å². The number of piperidine rings is 1. The molecule has 1 aliphatic carbocycles. The monoisotopic (exact) mass is 444 g/mol. The third-order valence-electron chi connectivity index (χ3n) is 6.86. The molecule has 1 saturated heterocycles. The fraction of sp³-hybridized carbons (Fsp3) is 0.652. The van der Waals surface area contributed by atoms with Gasteiger partial charge in [0, 0.05) is 42.9 Å². The van der Waals surface area contributed by atoms with Crippen molar-refractivity contribution in [3.63, 3.8) is 0 Å². The largest absolute Gasteiger partial charge is 0.353 e. The first kappa shape index (κ1) is 22.0. The molecule has 1 N–H and O–H groups in total. The van der Waals surface area contributed by atoms with E-state index in [1.165, 1.54) is 35.2 Å². The highest BCUT2D eigenvalue weighted by molar-refractivity contribution is 7.18. The summed E-state index contributed by atoms with van der Waals surface area (Å²) in [4.78, 5) is 46.2. The fourth-order valence-corrected chi connectivity index (χ4v) is 5.79. The van der Waals surface area contributed by atoms with Gasteiger partial charge in [0.15, 0.2) is 0 Å². The van der Waals surface area contributed by atoms with Gasteiger partial charge in [0.2, 0.25) is 11.8 Å². The number of hydrogen-bond donors (Lipinski definition) is 1. The number of aryl methyl sites for hydroxylation is 3. The van der Waals surface area contributed by atoms with E-state index in [2.05, 4.69) is 10.3 Å². The molecular weight excluding hydrogens is 412 g/mol. The smallest absolute Gasteiger partial charge is 0.262 e. The molecule has 2 aliphatic rings. The molecule has 7 nitrogen and oxygen atoms in total. The predicted octanol–water partition coefficient (Wildman–Crippen LogP) is 3.15. The summed E-state index contributed by atoms with van der Waals surface area (Å²) in [6.45, 7) is 5.70. The Balaban J connectivity index is 1.26. The maximum Gasteiger partial charge on any atom is 0.262 e. The zero-order valence-corrected chi connectivity index (χ0v) is 19.3. The van der Waals surface area contributed by atoms with E-state index in [4.69, 9.17) is 0 Å². The van der Waals surface area contributed by atoms with Gasteiger partial charge in [-0.15, -0.1) is 11.3 Å². The normalized spacial score (nSPS) is 18.5. The van der Waals surface area contributed by atoms with Crippen LogP contribution >= 0.6 is 11.3 Å². The van der Waals surface area contributed by atoms with Crippen molar-refractivity contribution < 1.29 is 9.59 Å². The highest BCUT2D eigenvalue weighted by Crippen LogP contribution is 2.27. The van der Waals surface area contributed by atoms with Gasteiger partial charge in [-0.1, -0.05) is 19.3 Å². The van der Waals surface area contributed by atoms with Crippen LogP contribution in [0.5, 0.6) is 0 Å². The van der Waals surface area contributed by atoms with Gasteiger partial charge in [0.05, 0.1) is 11.7 Å². The maximum atomic E-state index is 12.8. The Morgan fingerprint density at radius 2 is 1.84 bits per heavy atom. The van der Waals surface area contributed by atoms with Gasteiger partial charge >= 0.3 is 0 Å². The molecule has 0 spiro atoms. The first-order valence-electron chi connectivity index (χ1n) is 11.5. The highest BCUT2D eigenvalue weighted by atomic mass is 32.1. The van der Waals surface area contributed by atoms with E-state index >= 15 is 0 Å². The average molecular weight is 445 g/mol. The van der Waals surface area contributed by atoms with Gasteiger partial charge in [-0.05, 0) is 45.1 Å². The highest BCUT2D eigenvalue weighted by Gasteiger charge is 2.29. The molecule has 2 amide bonds. The second-order valence-corrected chi connectivity index (χ2v) is 10.2. The molecule has 168 valence electrons. The minimum absolute atomic E-state index is 0.0534. The summed E-state index contributed by atoms with van der Waals surface area (Å²) in [5.41, 5.74) is 0.903. The van der Waals surface area contributed by atoms with Crippen LogP contribution in [-0.4, -0.2) is 45.4 Å². The molecule has 3 heterocycles. The standard InChI is InChI=1S/C23H32N4O3S/c1-15-16(2)31-21-20(15)23(30)27(14-24-21)13-10-19(28)25-18-8-11-26(12-9-18)22(29)17-6-4-3-5-7-17/h14,17-18H,3-13H2,1-2H3,(H,25,28). The van der Waals surface area contributed by atoms with Gasteiger partial charge in [0.25, 0.3) is 5.56 Å². The number of carbonyl (C=O) groups excluding carboxylic acids is 2. The number of nitrogens with one attached hydrogen (secondary N) is 1. The molecular formula is C23H32N4O3S. The molecule has 0 radical (unpaired) electrons. The van der Waals surface area contributed by atoms with Crippen LogP contribution in [0.15, 0.2) is 11.1 Å². The summed E-state index contributed by atoms with van der Waals surface area (Å²) in [5, 5.41) is 3.76. The van der Waals surface area contributed by atoms with Gasteiger partial charge < -0.3 is 10.2 Å². The van der Waals surface area contributed by atoms with Crippen LogP contribution in [-0.2, 0) is 16.1 Å². The van der Waals surface area contributed by atoms with Crippen LogP contribution in [0, 0.1) is 19.8 Å². The van der Waals surface area contributed by atoms with E-state index in [0.29, 0.717) is 17.8 Å². The lowest BCUT2D eigenvalue weighted by Gasteiger charge is -2.35. The van der Waals surface area contributed by atoms with Crippen molar-refractivity contribution in [3.05, 3.63) is 27.1 Å². The Morgan fingerprint density at radius 1 is 1.13 bits per heavy atom. The number of aromatic nitrogens is 2. The quantitative estimate of drug-likeness (QED) is 0.768. The fourth-order valence-electron chi connectivity index (χ4n) is 4.80. The molecule has 4 rings (SSSR count). The summed E-state index contributed by atoms with van der Waals surface area (Å²) < 4.78 is 1.53. The molecule has 0 aromatic carbocycles. The molecule has 0 bridgehead atoms. The second kappa shape index (κ2) is 9.51. The molecule has 8 heteroatoms. The predicted molar refractivity (Wildman–Crippen MR) is 122 cm³/mol. The molecule has 0 unspecified atom stereocenters. The van der Waals surface area contributed by atoms with Gasteiger partial charge in [0.1, 0.15) is 4.83 Å². The van der Waals surface area contributed by atoms with Gasteiger partial charge in [-0.25, -0.2) is 4.98 Å². The van der Waals surface area contributed by atoms with Crippen LogP contribution in [0.2, 0.25) is 0 Å². The van der Waals surface area contributed by atoms with E-state index < -0.39 is 0 Å². The van der Waals surface area contributed by atoms with Crippen molar-refractivity contribution in [2.24, 2.45) is 5.92 Å². The Kier molecular flexibility index (Phi) is 6.74. The Morgan fingerprint density at radius 3 is 2.55 bits per heavy atom. The van der Waals surface area contributed by atoms with E-state index in [9.17, 15) is 14.4 Å². The lowest BCUT2D eigenvalue weighted by atomic mass is 9.87. The van der Waals surface area contributed by atoms with Gasteiger partial charge in [-0.3, -0.25) is 19.0 Å². The molecule has 1 aliphatic heterocycles. The third-order valence-corrected chi connectivity index (χ3v) is 7.98. The summed E-state index contributed by atoms with van der Waals surface area (Å²) in [7, 11) is 0. The molecule has 31 heavy (non-hydrogen) atoms. The van der Waals surface area contributed by atoms with E-state index in [1.807, 2.05) is 18.7 Å². The van der Waals surface area contributed by atoms with Crippen LogP contribution < -0.4 is 10.9 Å². The molecule has 2 aromatic rings. The number of thiophene rings is 1. The minimum Gasteiger partial charge on any atom is -0.353 e. The first-order chi connectivity index (χ1) is 14.9. The van der Waals surface area contributed by atoms with Crippen LogP contribution in [0.3, 0.4) is 0 Å². The number of amides is 2. The van der Waals surface area contributed by atoms with Crippen LogP contribution in [0.1, 0.15) is 61.8 Å². The number of nitrogens with zero attached hydrogens (tertiary/aromatic N) is 3. The van der Waals surface area contributed by atoms with Crippen molar-refractivity contribution in [3.8, 4) is 0 Å². The Labute approximate surface area is 186 Å². The summed E-state index contributed by atoms with van der Waals surface area (Å²) in [6, 6.07) is 0.0991.